The van der Waals surface area contributed by atoms with Gasteiger partial charge in [-0.3, -0.25) is 4.90 Å². The second-order valence-corrected chi connectivity index (χ2v) is 10.3. The van der Waals surface area contributed by atoms with Crippen molar-refractivity contribution in [3.63, 3.8) is 0 Å². The van der Waals surface area contributed by atoms with Crippen LogP contribution in [-0.4, -0.2) is 58.1 Å². The van der Waals surface area contributed by atoms with Crippen molar-refractivity contribution >= 4 is 45.4 Å². The molecule has 0 radical (unpaired) electrons. The molecule has 1 aliphatic carbocycles. The molecule has 0 amide bonds. The van der Waals surface area contributed by atoms with E-state index in [9.17, 15) is 8.42 Å². The Morgan fingerprint density at radius 3 is 2.50 bits per heavy atom. The summed E-state index contributed by atoms with van der Waals surface area (Å²) in [5, 5.41) is 5.20. The minimum Gasteiger partial charge on any atom is -0.307 e. The Bertz CT molecular complexity index is 1050. The van der Waals surface area contributed by atoms with Crippen LogP contribution >= 0.6 is 35.4 Å². The van der Waals surface area contributed by atoms with Gasteiger partial charge in [0.15, 0.2) is 4.77 Å². The summed E-state index contributed by atoms with van der Waals surface area (Å²) in [6.45, 7) is 2.50. The first-order chi connectivity index (χ1) is 13.3. The van der Waals surface area contributed by atoms with Gasteiger partial charge in [-0.2, -0.15) is 9.40 Å². The molecule has 0 bridgehead atoms. The van der Waals surface area contributed by atoms with E-state index in [1.807, 2.05) is 16.3 Å². The minimum absolute atomic E-state index is 0.0520. The van der Waals surface area contributed by atoms with Gasteiger partial charge in [0.1, 0.15) is 10.7 Å². The van der Waals surface area contributed by atoms with Crippen LogP contribution in [0.15, 0.2) is 23.1 Å². The van der Waals surface area contributed by atoms with Crippen LogP contribution in [0, 0.1) is 4.77 Å². The lowest BCUT2D eigenvalue weighted by Gasteiger charge is -2.33. The Balaban J connectivity index is 1.44. The molecule has 1 saturated carbocycles. The molecule has 0 atom stereocenters. The molecule has 2 fully saturated rings. The quantitative estimate of drug-likeness (QED) is 0.640. The Hall–Kier alpha value is -0.970. The fraction of sp³-hybridized carbons (Fsp3) is 0.529. The summed E-state index contributed by atoms with van der Waals surface area (Å²) >= 11 is 17.6. The second kappa shape index (κ2) is 7.70. The molecule has 2 heterocycles. The molecule has 11 heteroatoms. The van der Waals surface area contributed by atoms with Crippen molar-refractivity contribution in [2.45, 2.75) is 30.3 Å². The van der Waals surface area contributed by atoms with Gasteiger partial charge in [0.05, 0.1) is 11.7 Å². The third-order valence-electron chi connectivity index (χ3n) is 5.19. The molecule has 2 aromatic rings. The molecule has 0 unspecified atom stereocenters. The zero-order valence-electron chi connectivity index (χ0n) is 15.4. The lowest BCUT2D eigenvalue weighted by atomic mass is 10.4. The summed E-state index contributed by atoms with van der Waals surface area (Å²) in [4.78, 5) is 2.21. The predicted octanol–water partition coefficient (Wildman–Crippen LogP) is 3.10. The topological polar surface area (TPSA) is 63.4 Å². The molecule has 152 valence electrons. The van der Waals surface area contributed by atoms with E-state index in [1.165, 1.54) is 29.3 Å². The zero-order valence-corrected chi connectivity index (χ0v) is 18.5. The molecule has 28 heavy (non-hydrogen) atoms. The van der Waals surface area contributed by atoms with Gasteiger partial charge in [-0.1, -0.05) is 23.2 Å². The normalized spacial score (nSPS) is 19.2. The first kappa shape index (κ1) is 20.3. The van der Waals surface area contributed by atoms with Crippen LogP contribution in [0.3, 0.4) is 0 Å². The van der Waals surface area contributed by atoms with Crippen molar-refractivity contribution in [3.8, 4) is 0 Å². The molecule has 0 N–H and O–H groups in total. The molecule has 1 aliphatic heterocycles. The summed E-state index contributed by atoms with van der Waals surface area (Å²) in [7, 11) is -1.72. The maximum Gasteiger partial charge on any atom is 0.244 e. The summed E-state index contributed by atoms with van der Waals surface area (Å²) in [5.41, 5.74) is 0. The van der Waals surface area contributed by atoms with E-state index < -0.39 is 10.0 Å². The molecular weight excluding hydrogens is 441 g/mol. The van der Waals surface area contributed by atoms with Crippen LogP contribution in [0.4, 0.5) is 0 Å². The molecule has 1 aromatic heterocycles. The van der Waals surface area contributed by atoms with E-state index in [4.69, 9.17) is 35.4 Å². The fourth-order valence-corrected chi connectivity index (χ4v) is 5.76. The number of benzene rings is 1. The van der Waals surface area contributed by atoms with Crippen molar-refractivity contribution in [1.82, 2.24) is 23.6 Å². The van der Waals surface area contributed by atoms with Crippen molar-refractivity contribution in [1.29, 1.82) is 0 Å². The Labute approximate surface area is 179 Å². The highest BCUT2D eigenvalue weighted by Crippen LogP contribution is 2.38. The highest BCUT2D eigenvalue weighted by molar-refractivity contribution is 7.89. The molecule has 4 rings (SSSR count). The van der Waals surface area contributed by atoms with E-state index in [0.29, 0.717) is 48.6 Å². The average molecular weight is 462 g/mol. The van der Waals surface area contributed by atoms with E-state index in [-0.39, 0.29) is 9.92 Å². The SMILES string of the molecule is Cn1c(C2CC2)nn(CN2CCN(S(=O)(=O)c3cc(Cl)ccc3Cl)CC2)c1=S. The van der Waals surface area contributed by atoms with Crippen LogP contribution in [0.1, 0.15) is 24.6 Å². The van der Waals surface area contributed by atoms with Crippen LogP contribution in [0.2, 0.25) is 10.0 Å². The van der Waals surface area contributed by atoms with Gasteiger partial charge in [0.2, 0.25) is 10.0 Å². The maximum absolute atomic E-state index is 12.9. The largest absolute Gasteiger partial charge is 0.307 e. The highest BCUT2D eigenvalue weighted by atomic mass is 35.5. The molecule has 1 aromatic carbocycles. The number of sulfonamides is 1. The van der Waals surface area contributed by atoms with Gasteiger partial charge in [-0.05, 0) is 43.3 Å². The number of aromatic nitrogens is 3. The molecular formula is C17H21Cl2N5O2S2. The lowest BCUT2D eigenvalue weighted by Crippen LogP contribution is -2.49. The summed E-state index contributed by atoms with van der Waals surface area (Å²) < 4.78 is 31.8. The smallest absolute Gasteiger partial charge is 0.244 e. The highest BCUT2D eigenvalue weighted by Gasteiger charge is 2.32. The third kappa shape index (κ3) is 3.88. The van der Waals surface area contributed by atoms with Crippen LogP contribution < -0.4 is 0 Å². The van der Waals surface area contributed by atoms with Crippen molar-refractivity contribution in [2.24, 2.45) is 7.05 Å². The van der Waals surface area contributed by atoms with Gasteiger partial charge < -0.3 is 4.57 Å². The van der Waals surface area contributed by atoms with Crippen LogP contribution in [0.5, 0.6) is 0 Å². The molecule has 2 aliphatic rings. The average Bonchev–Trinajstić information content (AvgIpc) is 3.47. The Kier molecular flexibility index (Phi) is 5.58. The van der Waals surface area contributed by atoms with Crippen LogP contribution in [-0.2, 0) is 23.7 Å². The number of rotatable bonds is 5. The predicted molar refractivity (Wildman–Crippen MR) is 111 cm³/mol. The number of piperazine rings is 1. The molecule has 0 spiro atoms. The first-order valence-electron chi connectivity index (χ1n) is 9.08. The van der Waals surface area contributed by atoms with Gasteiger partial charge in [0.25, 0.3) is 0 Å². The van der Waals surface area contributed by atoms with Gasteiger partial charge in [0, 0.05) is 44.2 Å². The minimum atomic E-state index is -3.68. The standard InChI is InChI=1S/C17H21Cl2N5O2S2/c1-21-16(12-2-3-12)20-24(17(21)27)11-22-6-8-23(9-7-22)28(25,26)15-10-13(18)4-5-14(15)19/h4-5,10,12H,2-3,6-9,11H2,1H3. The van der Waals surface area contributed by atoms with Crippen molar-refractivity contribution in [2.75, 3.05) is 26.2 Å². The molecule has 7 nitrogen and oxygen atoms in total. The number of hydrogen-bond donors (Lipinski definition) is 0. The molecule has 1 saturated heterocycles. The fourth-order valence-electron chi connectivity index (χ4n) is 3.41. The third-order valence-corrected chi connectivity index (χ3v) is 8.29. The first-order valence-corrected chi connectivity index (χ1v) is 11.7. The van der Waals surface area contributed by atoms with E-state index >= 15 is 0 Å². The number of nitrogens with zero attached hydrogens (tertiary/aromatic N) is 5. The summed E-state index contributed by atoms with van der Waals surface area (Å²) in [5.74, 6) is 1.57. The van der Waals surface area contributed by atoms with E-state index in [2.05, 4.69) is 10.00 Å². The van der Waals surface area contributed by atoms with Gasteiger partial charge >= 0.3 is 0 Å². The van der Waals surface area contributed by atoms with Gasteiger partial charge in [-0.25, -0.2) is 13.1 Å². The van der Waals surface area contributed by atoms with Crippen molar-refractivity contribution < 1.29 is 8.42 Å². The van der Waals surface area contributed by atoms with E-state index in [0.717, 1.165) is 5.82 Å². The Morgan fingerprint density at radius 1 is 1.18 bits per heavy atom. The number of halogens is 2. The monoisotopic (exact) mass is 461 g/mol. The summed E-state index contributed by atoms with van der Waals surface area (Å²) in [6, 6.07) is 4.48. The zero-order chi connectivity index (χ0) is 20.1. The van der Waals surface area contributed by atoms with Crippen LogP contribution in [0.25, 0.3) is 0 Å². The number of hydrogen-bond acceptors (Lipinski definition) is 5. The lowest BCUT2D eigenvalue weighted by molar-refractivity contribution is 0.144. The second-order valence-electron chi connectivity index (χ2n) is 7.21. The van der Waals surface area contributed by atoms with Crippen molar-refractivity contribution in [3.05, 3.63) is 38.8 Å². The maximum atomic E-state index is 12.9. The van der Waals surface area contributed by atoms with Gasteiger partial charge in [-0.15, -0.1) is 0 Å². The van der Waals surface area contributed by atoms with E-state index in [1.54, 1.807) is 6.07 Å². The summed E-state index contributed by atoms with van der Waals surface area (Å²) in [6.07, 6.45) is 2.34. The Morgan fingerprint density at radius 2 is 1.86 bits per heavy atom.